The Hall–Kier alpha value is -1.09. The highest BCUT2D eigenvalue weighted by molar-refractivity contribution is 9.10. The molecule has 1 fully saturated rings. The molecule has 1 aliphatic rings. The van der Waals surface area contributed by atoms with Crippen molar-refractivity contribution in [3.63, 3.8) is 0 Å². The van der Waals surface area contributed by atoms with E-state index in [0.717, 1.165) is 49.4 Å². The Kier molecular flexibility index (Phi) is 5.00. The maximum Gasteiger partial charge on any atom is 0.101 e. The Bertz CT molecular complexity index is 435. The average Bonchev–Trinajstić information content (AvgIpc) is 2.41. The Morgan fingerprint density at radius 3 is 2.89 bits per heavy atom. The van der Waals surface area contributed by atoms with Crippen molar-refractivity contribution in [1.82, 2.24) is 10.2 Å². The second-order valence-electron chi connectivity index (χ2n) is 4.32. The summed E-state index contributed by atoms with van der Waals surface area (Å²) in [5, 5.41) is 15.7. The minimum absolute atomic E-state index is 0.685. The highest BCUT2D eigenvalue weighted by Crippen LogP contribution is 2.19. The Balaban J connectivity index is 1.84. The molecule has 0 unspecified atom stereocenters. The predicted molar refractivity (Wildman–Crippen MR) is 76.7 cm³/mol. The molecular formula is C13H17BrN4. The molecule has 1 heterocycles. The quantitative estimate of drug-likeness (QED) is 0.888. The van der Waals surface area contributed by atoms with Gasteiger partial charge in [0.2, 0.25) is 0 Å². The molecule has 0 amide bonds. The zero-order valence-corrected chi connectivity index (χ0v) is 11.8. The van der Waals surface area contributed by atoms with Crippen LogP contribution in [-0.4, -0.2) is 44.2 Å². The summed E-state index contributed by atoms with van der Waals surface area (Å²) >= 11 is 3.37. The minimum Gasteiger partial charge on any atom is -0.383 e. The number of benzene rings is 1. The molecule has 2 rings (SSSR count). The van der Waals surface area contributed by atoms with Crippen LogP contribution >= 0.6 is 15.9 Å². The lowest BCUT2D eigenvalue weighted by atomic mass is 10.2. The molecule has 1 saturated heterocycles. The molecular weight excluding hydrogens is 292 g/mol. The third-order valence-corrected chi connectivity index (χ3v) is 3.55. The third-order valence-electron chi connectivity index (χ3n) is 3.06. The Labute approximate surface area is 116 Å². The first-order valence-electron chi connectivity index (χ1n) is 6.16. The van der Waals surface area contributed by atoms with Crippen LogP contribution in [0.4, 0.5) is 5.69 Å². The number of hydrogen-bond donors (Lipinski definition) is 2. The predicted octanol–water partition coefficient (Wildman–Crippen LogP) is 1.64. The third kappa shape index (κ3) is 3.70. The zero-order chi connectivity index (χ0) is 12.8. The van der Waals surface area contributed by atoms with E-state index in [2.05, 4.69) is 37.5 Å². The summed E-state index contributed by atoms with van der Waals surface area (Å²) in [6.07, 6.45) is 0. The number of rotatable bonds is 4. The number of nitriles is 1. The Morgan fingerprint density at radius 2 is 2.17 bits per heavy atom. The van der Waals surface area contributed by atoms with Crippen molar-refractivity contribution in [3.05, 3.63) is 28.2 Å². The van der Waals surface area contributed by atoms with E-state index < -0.39 is 0 Å². The molecule has 2 N–H and O–H groups in total. The average molecular weight is 309 g/mol. The molecule has 4 nitrogen and oxygen atoms in total. The van der Waals surface area contributed by atoms with Crippen LogP contribution in [0.15, 0.2) is 22.7 Å². The van der Waals surface area contributed by atoms with Crippen LogP contribution in [0.3, 0.4) is 0 Å². The van der Waals surface area contributed by atoms with E-state index in [1.807, 2.05) is 18.2 Å². The maximum absolute atomic E-state index is 9.06. The summed E-state index contributed by atoms with van der Waals surface area (Å²) < 4.78 is 0.937. The second kappa shape index (κ2) is 6.74. The van der Waals surface area contributed by atoms with Gasteiger partial charge in [0, 0.05) is 43.7 Å². The van der Waals surface area contributed by atoms with Crippen molar-refractivity contribution in [3.8, 4) is 6.07 Å². The van der Waals surface area contributed by atoms with Gasteiger partial charge in [-0.1, -0.05) is 15.9 Å². The largest absolute Gasteiger partial charge is 0.383 e. The maximum atomic E-state index is 9.06. The molecule has 1 aromatic carbocycles. The van der Waals surface area contributed by atoms with Crippen molar-refractivity contribution < 1.29 is 0 Å². The first-order chi connectivity index (χ1) is 8.79. The minimum atomic E-state index is 0.685. The lowest BCUT2D eigenvalue weighted by Crippen LogP contribution is -2.45. The standard InChI is InChI=1S/C13H17BrN4/c14-12-1-2-13(11(9-12)10-15)17-5-8-18-6-3-16-4-7-18/h1-2,9,16-17H,3-8H2. The second-order valence-corrected chi connectivity index (χ2v) is 5.24. The van der Waals surface area contributed by atoms with Gasteiger partial charge in [0.1, 0.15) is 6.07 Å². The van der Waals surface area contributed by atoms with E-state index in [1.54, 1.807) is 0 Å². The molecule has 0 atom stereocenters. The lowest BCUT2D eigenvalue weighted by Gasteiger charge is -2.27. The van der Waals surface area contributed by atoms with Gasteiger partial charge in [0.25, 0.3) is 0 Å². The van der Waals surface area contributed by atoms with Crippen LogP contribution in [0.25, 0.3) is 0 Å². The number of nitrogens with one attached hydrogen (secondary N) is 2. The van der Waals surface area contributed by atoms with Crippen molar-refractivity contribution in [1.29, 1.82) is 5.26 Å². The van der Waals surface area contributed by atoms with Crippen LogP contribution in [-0.2, 0) is 0 Å². The van der Waals surface area contributed by atoms with Gasteiger partial charge >= 0.3 is 0 Å². The fourth-order valence-electron chi connectivity index (χ4n) is 2.05. The molecule has 0 bridgehead atoms. The van der Waals surface area contributed by atoms with E-state index in [0.29, 0.717) is 5.56 Å². The van der Waals surface area contributed by atoms with E-state index in [-0.39, 0.29) is 0 Å². The molecule has 18 heavy (non-hydrogen) atoms. The van der Waals surface area contributed by atoms with Gasteiger partial charge < -0.3 is 10.6 Å². The molecule has 0 spiro atoms. The van der Waals surface area contributed by atoms with Gasteiger partial charge in [-0.15, -0.1) is 0 Å². The van der Waals surface area contributed by atoms with Gasteiger partial charge in [-0.25, -0.2) is 0 Å². The van der Waals surface area contributed by atoms with Gasteiger partial charge in [-0.05, 0) is 18.2 Å². The van der Waals surface area contributed by atoms with E-state index in [1.165, 1.54) is 0 Å². The number of halogens is 1. The van der Waals surface area contributed by atoms with Gasteiger partial charge in [0.05, 0.1) is 11.3 Å². The van der Waals surface area contributed by atoms with Gasteiger partial charge in [-0.3, -0.25) is 4.90 Å². The van der Waals surface area contributed by atoms with E-state index in [9.17, 15) is 0 Å². The number of piperazine rings is 1. The molecule has 0 aromatic heterocycles. The van der Waals surface area contributed by atoms with Crippen molar-refractivity contribution in [2.24, 2.45) is 0 Å². The summed E-state index contributed by atoms with van der Waals surface area (Å²) in [5.41, 5.74) is 1.60. The molecule has 5 heteroatoms. The molecule has 0 aliphatic carbocycles. The summed E-state index contributed by atoms with van der Waals surface area (Å²) in [5.74, 6) is 0. The smallest absolute Gasteiger partial charge is 0.101 e. The molecule has 0 saturated carbocycles. The van der Waals surface area contributed by atoms with Gasteiger partial charge in [0.15, 0.2) is 0 Å². The summed E-state index contributed by atoms with van der Waals surface area (Å²) in [6, 6.07) is 7.95. The van der Waals surface area contributed by atoms with Crippen LogP contribution < -0.4 is 10.6 Å². The molecule has 0 radical (unpaired) electrons. The van der Waals surface area contributed by atoms with E-state index in [4.69, 9.17) is 5.26 Å². The fraction of sp³-hybridized carbons (Fsp3) is 0.462. The van der Waals surface area contributed by atoms with Crippen LogP contribution in [0.5, 0.6) is 0 Å². The van der Waals surface area contributed by atoms with Crippen LogP contribution in [0.2, 0.25) is 0 Å². The lowest BCUT2D eigenvalue weighted by molar-refractivity contribution is 0.249. The highest BCUT2D eigenvalue weighted by Gasteiger charge is 2.09. The first kappa shape index (κ1) is 13.3. The monoisotopic (exact) mass is 308 g/mol. The summed E-state index contributed by atoms with van der Waals surface area (Å²) in [7, 11) is 0. The number of anilines is 1. The van der Waals surface area contributed by atoms with Crippen LogP contribution in [0, 0.1) is 11.3 Å². The molecule has 1 aliphatic heterocycles. The Morgan fingerprint density at radius 1 is 1.39 bits per heavy atom. The number of hydrogen-bond acceptors (Lipinski definition) is 4. The molecule has 96 valence electrons. The van der Waals surface area contributed by atoms with Crippen molar-refractivity contribution in [2.75, 3.05) is 44.6 Å². The SMILES string of the molecule is N#Cc1cc(Br)ccc1NCCN1CCNCC1. The van der Waals surface area contributed by atoms with Gasteiger partial charge in [-0.2, -0.15) is 5.26 Å². The number of nitrogens with zero attached hydrogens (tertiary/aromatic N) is 2. The van der Waals surface area contributed by atoms with Crippen molar-refractivity contribution >= 4 is 21.6 Å². The first-order valence-corrected chi connectivity index (χ1v) is 6.95. The topological polar surface area (TPSA) is 51.1 Å². The summed E-state index contributed by atoms with van der Waals surface area (Å²) in [4.78, 5) is 2.43. The van der Waals surface area contributed by atoms with Crippen molar-refractivity contribution in [2.45, 2.75) is 0 Å². The van der Waals surface area contributed by atoms with Crippen LogP contribution in [0.1, 0.15) is 5.56 Å². The normalized spacial score (nSPS) is 16.2. The highest BCUT2D eigenvalue weighted by atomic mass is 79.9. The summed E-state index contributed by atoms with van der Waals surface area (Å²) in [6.45, 7) is 6.24. The fourth-order valence-corrected chi connectivity index (χ4v) is 2.41. The molecule has 1 aromatic rings. The zero-order valence-electron chi connectivity index (χ0n) is 10.2. The van der Waals surface area contributed by atoms with E-state index >= 15 is 0 Å².